The lowest BCUT2D eigenvalue weighted by molar-refractivity contribution is 0.389. The number of rotatable bonds is 6. The molecule has 1 aromatic heterocycles. The molecule has 0 aliphatic carbocycles. The first-order valence-corrected chi connectivity index (χ1v) is 7.38. The Kier molecular flexibility index (Phi) is 4.98. The molecule has 20 heavy (non-hydrogen) atoms. The summed E-state index contributed by atoms with van der Waals surface area (Å²) in [6.45, 7) is 4.93. The summed E-state index contributed by atoms with van der Waals surface area (Å²) in [6, 6.07) is 6.15. The van der Waals surface area contributed by atoms with E-state index in [9.17, 15) is 0 Å². The van der Waals surface area contributed by atoms with Gasteiger partial charge < -0.3 is 14.8 Å². The second-order valence-corrected chi connectivity index (χ2v) is 5.47. The monoisotopic (exact) mass is 292 g/mol. The third-order valence-corrected chi connectivity index (χ3v) is 4.38. The molecule has 0 saturated carbocycles. The molecule has 0 saturated heterocycles. The van der Waals surface area contributed by atoms with Gasteiger partial charge in [-0.15, -0.1) is 11.3 Å². The molecule has 1 N–H and O–H groups in total. The summed E-state index contributed by atoms with van der Waals surface area (Å²) in [5.74, 6) is 1.64. The molecule has 0 aliphatic heterocycles. The smallest absolute Gasteiger partial charge is 0.127 e. The lowest BCUT2D eigenvalue weighted by Crippen LogP contribution is -2.18. The molecule has 1 heterocycles. The zero-order valence-corrected chi connectivity index (χ0v) is 13.1. The van der Waals surface area contributed by atoms with Crippen molar-refractivity contribution in [2.24, 2.45) is 0 Å². The number of benzene rings is 1. The largest absolute Gasteiger partial charge is 0.497 e. The van der Waals surface area contributed by atoms with Crippen LogP contribution in [0.5, 0.6) is 11.5 Å². The summed E-state index contributed by atoms with van der Waals surface area (Å²) in [4.78, 5) is 5.56. The maximum atomic E-state index is 5.40. The van der Waals surface area contributed by atoms with Crippen LogP contribution in [0.1, 0.15) is 29.1 Å². The highest BCUT2D eigenvalue weighted by Gasteiger charge is 2.12. The van der Waals surface area contributed by atoms with Gasteiger partial charge in [0.25, 0.3) is 0 Å². The van der Waals surface area contributed by atoms with Gasteiger partial charge in [-0.05, 0) is 19.9 Å². The fraction of sp³-hybridized carbons (Fsp3) is 0.400. The highest BCUT2D eigenvalue weighted by Crippen LogP contribution is 2.26. The van der Waals surface area contributed by atoms with Gasteiger partial charge in [0.2, 0.25) is 0 Å². The normalized spacial score (nSPS) is 12.2. The summed E-state index contributed by atoms with van der Waals surface area (Å²) in [6.07, 6.45) is 0. The Balaban J connectivity index is 2.05. The van der Waals surface area contributed by atoms with Crippen molar-refractivity contribution in [1.82, 2.24) is 10.3 Å². The second-order valence-electron chi connectivity index (χ2n) is 4.58. The molecule has 0 aliphatic rings. The Morgan fingerprint density at radius 3 is 2.70 bits per heavy atom. The minimum Gasteiger partial charge on any atom is -0.497 e. The van der Waals surface area contributed by atoms with Crippen molar-refractivity contribution in [1.29, 1.82) is 0 Å². The van der Waals surface area contributed by atoms with Crippen LogP contribution in [0.2, 0.25) is 0 Å². The summed E-state index contributed by atoms with van der Waals surface area (Å²) >= 11 is 1.68. The standard InChI is InChI=1S/C15H20N2O2S/c1-10(15-11(2)17-9-20-15)16-8-12-5-6-13(18-3)7-14(12)19-4/h5-7,9-10,16H,8H2,1-4H3. The van der Waals surface area contributed by atoms with Crippen molar-refractivity contribution < 1.29 is 9.47 Å². The molecule has 1 aromatic carbocycles. The van der Waals surface area contributed by atoms with Gasteiger partial charge in [0.05, 0.1) is 25.4 Å². The van der Waals surface area contributed by atoms with E-state index < -0.39 is 0 Å². The molecular formula is C15H20N2O2S. The number of aryl methyl sites for hydroxylation is 1. The maximum Gasteiger partial charge on any atom is 0.127 e. The molecule has 0 fully saturated rings. The van der Waals surface area contributed by atoms with Gasteiger partial charge >= 0.3 is 0 Å². The van der Waals surface area contributed by atoms with Gasteiger partial charge in [-0.2, -0.15) is 0 Å². The first-order chi connectivity index (χ1) is 9.65. The average Bonchev–Trinajstić information content (AvgIpc) is 2.90. The summed E-state index contributed by atoms with van der Waals surface area (Å²) < 4.78 is 10.6. The predicted molar refractivity (Wildman–Crippen MR) is 81.7 cm³/mol. The summed E-state index contributed by atoms with van der Waals surface area (Å²) in [5.41, 5.74) is 4.09. The number of hydrogen-bond acceptors (Lipinski definition) is 5. The summed E-state index contributed by atoms with van der Waals surface area (Å²) in [5, 5.41) is 3.50. The molecule has 0 bridgehead atoms. The molecule has 2 aromatic rings. The van der Waals surface area contributed by atoms with E-state index in [-0.39, 0.29) is 6.04 Å². The van der Waals surface area contributed by atoms with Crippen LogP contribution in [0.4, 0.5) is 0 Å². The van der Waals surface area contributed by atoms with Crippen LogP contribution in [-0.2, 0) is 6.54 Å². The molecule has 1 atom stereocenters. The van der Waals surface area contributed by atoms with Gasteiger partial charge in [0.1, 0.15) is 11.5 Å². The van der Waals surface area contributed by atoms with Crippen molar-refractivity contribution in [2.45, 2.75) is 26.4 Å². The fourth-order valence-electron chi connectivity index (χ4n) is 2.08. The predicted octanol–water partition coefficient (Wildman–Crippen LogP) is 3.32. The van der Waals surface area contributed by atoms with Gasteiger partial charge in [-0.1, -0.05) is 6.07 Å². The zero-order valence-electron chi connectivity index (χ0n) is 12.3. The van der Waals surface area contributed by atoms with Crippen LogP contribution in [0.3, 0.4) is 0 Å². The molecule has 1 unspecified atom stereocenters. The van der Waals surface area contributed by atoms with Gasteiger partial charge in [-0.25, -0.2) is 4.98 Å². The molecule has 0 spiro atoms. The SMILES string of the molecule is COc1ccc(CNC(C)c2scnc2C)c(OC)c1. The Hall–Kier alpha value is -1.59. The van der Waals surface area contributed by atoms with Crippen LogP contribution < -0.4 is 14.8 Å². The average molecular weight is 292 g/mol. The highest BCUT2D eigenvalue weighted by molar-refractivity contribution is 7.09. The molecule has 108 valence electrons. The van der Waals surface area contributed by atoms with Gasteiger partial charge in [0, 0.05) is 29.1 Å². The Labute approximate surface area is 123 Å². The first-order valence-electron chi connectivity index (χ1n) is 6.50. The Bertz CT molecular complexity index is 569. The molecule has 0 radical (unpaired) electrons. The van der Waals surface area contributed by atoms with Crippen LogP contribution in [0.25, 0.3) is 0 Å². The van der Waals surface area contributed by atoms with Crippen LogP contribution in [-0.4, -0.2) is 19.2 Å². The first kappa shape index (κ1) is 14.8. The number of methoxy groups -OCH3 is 2. The van der Waals surface area contributed by atoms with Crippen molar-refractivity contribution in [3.05, 3.63) is 39.8 Å². The van der Waals surface area contributed by atoms with E-state index in [4.69, 9.17) is 9.47 Å². The number of aromatic nitrogens is 1. The lowest BCUT2D eigenvalue weighted by atomic mass is 10.1. The van der Waals surface area contributed by atoms with Crippen molar-refractivity contribution >= 4 is 11.3 Å². The summed E-state index contributed by atoms with van der Waals surface area (Å²) in [7, 11) is 3.33. The fourth-order valence-corrected chi connectivity index (χ4v) is 2.92. The van der Waals surface area contributed by atoms with Crippen molar-refractivity contribution in [3.8, 4) is 11.5 Å². The van der Waals surface area contributed by atoms with E-state index in [0.717, 1.165) is 29.3 Å². The van der Waals surface area contributed by atoms with Crippen molar-refractivity contribution in [2.75, 3.05) is 14.2 Å². The third kappa shape index (κ3) is 3.29. The van der Waals surface area contributed by atoms with Gasteiger partial charge in [-0.3, -0.25) is 0 Å². The minimum absolute atomic E-state index is 0.273. The number of hydrogen-bond donors (Lipinski definition) is 1. The van der Waals surface area contributed by atoms with Crippen LogP contribution in [0, 0.1) is 6.92 Å². The third-order valence-electron chi connectivity index (χ3n) is 3.27. The Morgan fingerprint density at radius 2 is 2.10 bits per heavy atom. The van der Waals surface area contributed by atoms with E-state index in [1.165, 1.54) is 4.88 Å². The zero-order chi connectivity index (χ0) is 14.5. The van der Waals surface area contributed by atoms with Gasteiger partial charge in [0.15, 0.2) is 0 Å². The van der Waals surface area contributed by atoms with Crippen molar-refractivity contribution in [3.63, 3.8) is 0 Å². The van der Waals surface area contributed by atoms with Crippen LogP contribution >= 0.6 is 11.3 Å². The van der Waals surface area contributed by atoms with E-state index in [0.29, 0.717) is 0 Å². The number of nitrogens with one attached hydrogen (secondary N) is 1. The minimum atomic E-state index is 0.273. The molecular weight excluding hydrogens is 272 g/mol. The Morgan fingerprint density at radius 1 is 1.30 bits per heavy atom. The highest BCUT2D eigenvalue weighted by atomic mass is 32.1. The number of ether oxygens (including phenoxy) is 2. The van der Waals surface area contributed by atoms with E-state index in [1.54, 1.807) is 25.6 Å². The van der Waals surface area contributed by atoms with E-state index in [2.05, 4.69) is 17.2 Å². The maximum absolute atomic E-state index is 5.40. The molecule has 2 rings (SSSR count). The van der Waals surface area contributed by atoms with Crippen LogP contribution in [0.15, 0.2) is 23.7 Å². The second kappa shape index (κ2) is 6.72. The molecule has 5 heteroatoms. The molecule has 4 nitrogen and oxygen atoms in total. The van der Waals surface area contributed by atoms with E-state index >= 15 is 0 Å². The lowest BCUT2D eigenvalue weighted by Gasteiger charge is -2.15. The number of nitrogens with zero attached hydrogens (tertiary/aromatic N) is 1. The number of thiazole rings is 1. The molecule has 0 amide bonds. The topological polar surface area (TPSA) is 43.4 Å². The van der Waals surface area contributed by atoms with E-state index in [1.807, 2.05) is 30.6 Å². The quantitative estimate of drug-likeness (QED) is 0.887.